The summed E-state index contributed by atoms with van der Waals surface area (Å²) in [5.74, 6) is 0.216. The number of aliphatic hydroxyl groups is 1. The highest BCUT2D eigenvalue weighted by Crippen LogP contribution is 2.09. The summed E-state index contributed by atoms with van der Waals surface area (Å²) in [4.78, 5) is 15.9. The number of likely N-dealkylation sites (N-methyl/N-ethyl adjacent to an activating group) is 1. The van der Waals surface area contributed by atoms with E-state index < -0.39 is 0 Å². The molecule has 0 atom stereocenters. The normalized spacial score (nSPS) is 17.8. The first-order chi connectivity index (χ1) is 8.17. The number of aliphatic hydroxyl groups excluding tert-OH is 1. The predicted octanol–water partition coefficient (Wildman–Crippen LogP) is -0.360. The number of nitrogens with zero attached hydrogens (tertiary/aromatic N) is 2. The topological polar surface area (TPSA) is 69.8 Å². The lowest BCUT2D eigenvalue weighted by molar-refractivity contribution is -0.132. The molecular weight excluding hydrogens is 218 g/mol. The zero-order chi connectivity index (χ0) is 12.7. The molecule has 100 valence electrons. The Morgan fingerprint density at radius 1 is 1.41 bits per heavy atom. The van der Waals surface area contributed by atoms with Gasteiger partial charge in [-0.05, 0) is 19.4 Å². The molecule has 1 aliphatic heterocycles. The van der Waals surface area contributed by atoms with Gasteiger partial charge in [-0.1, -0.05) is 6.92 Å². The Kier molecular flexibility index (Phi) is 6.47. The molecule has 5 heteroatoms. The number of hydrogen-bond donors (Lipinski definition) is 2. The van der Waals surface area contributed by atoms with Crippen LogP contribution in [0.5, 0.6) is 0 Å². The molecule has 0 aromatic carbocycles. The van der Waals surface area contributed by atoms with Gasteiger partial charge in [-0.3, -0.25) is 4.79 Å². The first kappa shape index (κ1) is 14.4. The van der Waals surface area contributed by atoms with Crippen molar-refractivity contribution in [2.75, 3.05) is 39.3 Å². The summed E-state index contributed by atoms with van der Waals surface area (Å²) in [5.41, 5.74) is 5.81. The SMILES string of the molecule is CCN(CCO)CCC(=O)N1CCC(N)CC1. The summed E-state index contributed by atoms with van der Waals surface area (Å²) in [5, 5.41) is 8.86. The Labute approximate surface area is 104 Å². The molecule has 0 aliphatic carbocycles. The molecule has 0 aromatic rings. The summed E-state index contributed by atoms with van der Waals surface area (Å²) in [6.07, 6.45) is 2.38. The van der Waals surface area contributed by atoms with Gasteiger partial charge in [0.15, 0.2) is 0 Å². The summed E-state index contributed by atoms with van der Waals surface area (Å²) in [6.45, 7) is 6.05. The minimum atomic E-state index is 0.153. The van der Waals surface area contributed by atoms with Crippen LogP contribution in [-0.2, 0) is 4.79 Å². The van der Waals surface area contributed by atoms with Crippen LogP contribution in [0.15, 0.2) is 0 Å². The Morgan fingerprint density at radius 2 is 2.06 bits per heavy atom. The average molecular weight is 243 g/mol. The number of piperidine rings is 1. The van der Waals surface area contributed by atoms with Crippen molar-refractivity contribution in [3.63, 3.8) is 0 Å². The van der Waals surface area contributed by atoms with Gasteiger partial charge in [0.25, 0.3) is 0 Å². The zero-order valence-electron chi connectivity index (χ0n) is 10.8. The fraction of sp³-hybridized carbons (Fsp3) is 0.917. The highest BCUT2D eigenvalue weighted by Gasteiger charge is 2.20. The van der Waals surface area contributed by atoms with Crippen molar-refractivity contribution < 1.29 is 9.90 Å². The molecule has 1 aliphatic rings. The number of nitrogens with two attached hydrogens (primary N) is 1. The van der Waals surface area contributed by atoms with Gasteiger partial charge in [0.2, 0.25) is 5.91 Å². The standard InChI is InChI=1S/C12H25N3O2/c1-2-14(9-10-16)6-5-12(17)15-7-3-11(13)4-8-15/h11,16H,2-10,13H2,1H3. The highest BCUT2D eigenvalue weighted by atomic mass is 16.3. The monoisotopic (exact) mass is 243 g/mol. The quantitative estimate of drug-likeness (QED) is 0.668. The van der Waals surface area contributed by atoms with Crippen LogP contribution < -0.4 is 5.73 Å². The summed E-state index contributed by atoms with van der Waals surface area (Å²) < 4.78 is 0. The predicted molar refractivity (Wildman–Crippen MR) is 67.6 cm³/mol. The minimum Gasteiger partial charge on any atom is -0.395 e. The number of rotatable bonds is 6. The molecule has 0 saturated carbocycles. The molecule has 0 spiro atoms. The van der Waals surface area contributed by atoms with E-state index in [-0.39, 0.29) is 18.6 Å². The van der Waals surface area contributed by atoms with E-state index in [1.165, 1.54) is 0 Å². The van der Waals surface area contributed by atoms with Crippen molar-refractivity contribution in [1.29, 1.82) is 0 Å². The van der Waals surface area contributed by atoms with Crippen molar-refractivity contribution in [1.82, 2.24) is 9.80 Å². The Hall–Kier alpha value is -0.650. The first-order valence-electron chi connectivity index (χ1n) is 6.54. The van der Waals surface area contributed by atoms with Gasteiger partial charge in [-0.15, -0.1) is 0 Å². The van der Waals surface area contributed by atoms with Crippen LogP contribution in [0.25, 0.3) is 0 Å². The van der Waals surface area contributed by atoms with Gasteiger partial charge < -0.3 is 20.6 Å². The number of carbonyl (C=O) groups excluding carboxylic acids is 1. The van der Waals surface area contributed by atoms with E-state index in [0.29, 0.717) is 13.0 Å². The fourth-order valence-electron chi connectivity index (χ4n) is 2.13. The molecule has 1 amide bonds. The molecule has 1 saturated heterocycles. The maximum absolute atomic E-state index is 11.9. The van der Waals surface area contributed by atoms with Gasteiger partial charge in [-0.2, -0.15) is 0 Å². The van der Waals surface area contributed by atoms with Gasteiger partial charge in [0, 0.05) is 38.6 Å². The molecule has 5 nitrogen and oxygen atoms in total. The maximum atomic E-state index is 11.9. The molecule has 1 heterocycles. The van der Waals surface area contributed by atoms with Crippen LogP contribution in [0, 0.1) is 0 Å². The van der Waals surface area contributed by atoms with Crippen molar-refractivity contribution in [2.45, 2.75) is 32.2 Å². The van der Waals surface area contributed by atoms with Gasteiger partial charge >= 0.3 is 0 Å². The van der Waals surface area contributed by atoms with Crippen molar-refractivity contribution >= 4 is 5.91 Å². The van der Waals surface area contributed by atoms with E-state index in [1.54, 1.807) is 0 Å². The Morgan fingerprint density at radius 3 is 2.59 bits per heavy atom. The molecule has 17 heavy (non-hydrogen) atoms. The molecule has 1 fully saturated rings. The molecule has 1 rings (SSSR count). The van der Waals surface area contributed by atoms with Gasteiger partial charge in [0.1, 0.15) is 0 Å². The summed E-state index contributed by atoms with van der Waals surface area (Å²) >= 11 is 0. The summed E-state index contributed by atoms with van der Waals surface area (Å²) in [6, 6.07) is 0.264. The fourth-order valence-corrected chi connectivity index (χ4v) is 2.13. The van der Waals surface area contributed by atoms with Gasteiger partial charge in [0.05, 0.1) is 6.61 Å². The van der Waals surface area contributed by atoms with E-state index in [2.05, 4.69) is 4.90 Å². The second-order valence-corrected chi connectivity index (χ2v) is 4.63. The summed E-state index contributed by atoms with van der Waals surface area (Å²) in [7, 11) is 0. The van der Waals surface area contributed by atoms with Crippen LogP contribution >= 0.6 is 0 Å². The van der Waals surface area contributed by atoms with E-state index >= 15 is 0 Å². The smallest absolute Gasteiger partial charge is 0.223 e. The average Bonchev–Trinajstić information content (AvgIpc) is 2.35. The third-order valence-corrected chi connectivity index (χ3v) is 3.40. The molecule has 0 radical (unpaired) electrons. The lowest BCUT2D eigenvalue weighted by Crippen LogP contribution is -2.43. The Balaban J connectivity index is 2.24. The number of carbonyl (C=O) groups is 1. The molecule has 0 unspecified atom stereocenters. The number of amides is 1. The van der Waals surface area contributed by atoms with Crippen LogP contribution in [0.1, 0.15) is 26.2 Å². The van der Waals surface area contributed by atoms with E-state index in [1.807, 2.05) is 11.8 Å². The third kappa shape index (κ3) is 5.02. The minimum absolute atomic E-state index is 0.153. The zero-order valence-corrected chi connectivity index (χ0v) is 10.8. The lowest BCUT2D eigenvalue weighted by Gasteiger charge is -2.31. The van der Waals surface area contributed by atoms with E-state index in [9.17, 15) is 4.79 Å². The van der Waals surface area contributed by atoms with Crippen molar-refractivity contribution in [3.05, 3.63) is 0 Å². The number of likely N-dealkylation sites (tertiary alicyclic amines) is 1. The molecular formula is C12H25N3O2. The molecule has 0 aromatic heterocycles. The highest BCUT2D eigenvalue weighted by molar-refractivity contribution is 5.76. The second kappa shape index (κ2) is 7.63. The van der Waals surface area contributed by atoms with Crippen LogP contribution in [0.2, 0.25) is 0 Å². The number of hydrogen-bond acceptors (Lipinski definition) is 4. The van der Waals surface area contributed by atoms with Crippen LogP contribution in [-0.4, -0.2) is 66.2 Å². The van der Waals surface area contributed by atoms with Gasteiger partial charge in [-0.25, -0.2) is 0 Å². The molecule has 3 N–H and O–H groups in total. The second-order valence-electron chi connectivity index (χ2n) is 4.63. The van der Waals surface area contributed by atoms with Crippen molar-refractivity contribution in [2.24, 2.45) is 5.73 Å². The lowest BCUT2D eigenvalue weighted by atomic mass is 10.1. The van der Waals surface area contributed by atoms with Crippen molar-refractivity contribution in [3.8, 4) is 0 Å². The largest absolute Gasteiger partial charge is 0.395 e. The van der Waals surface area contributed by atoms with E-state index in [4.69, 9.17) is 10.8 Å². The van der Waals surface area contributed by atoms with Crippen LogP contribution in [0.4, 0.5) is 0 Å². The Bertz CT molecular complexity index is 228. The van der Waals surface area contributed by atoms with E-state index in [0.717, 1.165) is 39.0 Å². The third-order valence-electron chi connectivity index (χ3n) is 3.40. The van der Waals surface area contributed by atoms with Crippen LogP contribution in [0.3, 0.4) is 0 Å². The first-order valence-corrected chi connectivity index (χ1v) is 6.54. The maximum Gasteiger partial charge on any atom is 0.223 e. The molecule has 0 bridgehead atoms.